The largest absolute Gasteiger partial charge is 0.462 e. The second-order valence-corrected chi connectivity index (χ2v) is 19.5. The normalized spacial score (nSPS) is 13.5. The Bertz CT molecular complexity index is 1920. The maximum Gasteiger partial charge on any atom is 0.310 e. The predicted molar refractivity (Wildman–Crippen MR) is 343 cm³/mol. The van der Waals surface area contributed by atoms with Crippen LogP contribution in [0.15, 0.2) is 194 Å². The maximum atomic E-state index is 12.8. The van der Waals surface area contributed by atoms with Gasteiger partial charge in [0.25, 0.3) is 0 Å². The van der Waals surface area contributed by atoms with Gasteiger partial charge in [-0.15, -0.1) is 0 Å². The van der Waals surface area contributed by atoms with E-state index in [1.807, 2.05) is 6.08 Å². The average Bonchev–Trinajstić information content (AvgIpc) is 3.45. The van der Waals surface area contributed by atoms with Crippen LogP contribution < -0.4 is 0 Å². The lowest BCUT2D eigenvalue weighted by Crippen LogP contribution is -2.30. The van der Waals surface area contributed by atoms with Gasteiger partial charge in [-0.25, -0.2) is 0 Å². The van der Waals surface area contributed by atoms with Crippen molar-refractivity contribution in [2.45, 2.75) is 232 Å². The lowest BCUT2D eigenvalue weighted by atomic mass is 10.1. The first-order chi connectivity index (χ1) is 39.0. The van der Waals surface area contributed by atoms with Crippen LogP contribution in [0.2, 0.25) is 0 Å². The first-order valence-corrected chi connectivity index (χ1v) is 30.9. The summed E-state index contributed by atoms with van der Waals surface area (Å²) in [6.07, 6.45) is 98.9. The van der Waals surface area contributed by atoms with Crippen molar-refractivity contribution in [1.82, 2.24) is 0 Å². The number of hydrogen-bond acceptors (Lipinski definition) is 6. The lowest BCUT2D eigenvalue weighted by molar-refractivity contribution is -0.166. The number of unbranched alkanes of at least 4 members (excludes halogenated alkanes) is 11. The smallest absolute Gasteiger partial charge is 0.310 e. The predicted octanol–water partition coefficient (Wildman–Crippen LogP) is 21.4. The Hall–Kier alpha value is -5.75. The molecule has 438 valence electrons. The second-order valence-electron chi connectivity index (χ2n) is 19.5. The Kier molecular flexibility index (Phi) is 60.1. The maximum absolute atomic E-state index is 12.8. The Balaban J connectivity index is 4.47. The van der Waals surface area contributed by atoms with E-state index in [-0.39, 0.29) is 38.0 Å². The summed E-state index contributed by atoms with van der Waals surface area (Å²) in [5.41, 5.74) is 0. The van der Waals surface area contributed by atoms with Gasteiger partial charge >= 0.3 is 17.9 Å². The number of carbonyl (C=O) groups excluding carboxylic acids is 3. The first-order valence-electron chi connectivity index (χ1n) is 30.9. The van der Waals surface area contributed by atoms with Crippen LogP contribution >= 0.6 is 0 Å². The molecule has 0 saturated heterocycles. The van der Waals surface area contributed by atoms with Crippen LogP contribution in [0.3, 0.4) is 0 Å². The Labute approximate surface area is 484 Å². The van der Waals surface area contributed by atoms with E-state index in [4.69, 9.17) is 14.2 Å². The summed E-state index contributed by atoms with van der Waals surface area (Å²) < 4.78 is 16.7. The summed E-state index contributed by atoms with van der Waals surface area (Å²) in [5.74, 6) is -1.14. The molecule has 0 aromatic carbocycles. The van der Waals surface area contributed by atoms with Crippen LogP contribution in [0.25, 0.3) is 0 Å². The highest BCUT2D eigenvalue weighted by Gasteiger charge is 2.19. The van der Waals surface area contributed by atoms with Crippen molar-refractivity contribution in [3.63, 3.8) is 0 Å². The molecule has 0 aliphatic heterocycles. The SMILES string of the molecule is CC/C=C\C/C=C\C/C=C\C/C=C\C/C=C\C/C=C\C/C=C\C/C=C\C/C=C\C/C=C\CCCCC(=O)OCC(COC(=O)CCCCCCC/C=C\CCCCCC)OC(=O)C/C=C\C/C=C\C/C=C\C/C=C\C/C=C\CC. The third-order valence-corrected chi connectivity index (χ3v) is 12.1. The molecule has 0 N–H and O–H groups in total. The second kappa shape index (κ2) is 64.8. The van der Waals surface area contributed by atoms with Gasteiger partial charge in [0.1, 0.15) is 13.2 Å². The lowest BCUT2D eigenvalue weighted by Gasteiger charge is -2.18. The summed E-state index contributed by atoms with van der Waals surface area (Å²) >= 11 is 0. The zero-order valence-electron chi connectivity index (χ0n) is 50.0. The molecule has 6 heteroatoms. The highest BCUT2D eigenvalue weighted by atomic mass is 16.6. The van der Waals surface area contributed by atoms with Crippen molar-refractivity contribution < 1.29 is 28.6 Å². The van der Waals surface area contributed by atoms with Gasteiger partial charge in [-0.05, 0) is 148 Å². The Morgan fingerprint density at radius 2 is 0.532 bits per heavy atom. The monoisotopic (exact) mass is 1080 g/mol. The number of allylic oxidation sites excluding steroid dienone is 31. The molecule has 0 heterocycles. The molecule has 6 nitrogen and oxygen atoms in total. The molecule has 0 aromatic rings. The number of carbonyl (C=O) groups is 3. The summed E-state index contributed by atoms with van der Waals surface area (Å²) in [6, 6.07) is 0. The summed E-state index contributed by atoms with van der Waals surface area (Å²) in [6.45, 7) is 6.24. The minimum atomic E-state index is -0.865. The van der Waals surface area contributed by atoms with Crippen LogP contribution in [-0.2, 0) is 28.6 Å². The van der Waals surface area contributed by atoms with Crippen LogP contribution in [0.5, 0.6) is 0 Å². The molecular formula is C73H110O6. The molecule has 0 aromatic heterocycles. The third-order valence-electron chi connectivity index (χ3n) is 12.1. The zero-order chi connectivity index (χ0) is 57.1. The van der Waals surface area contributed by atoms with Crippen molar-refractivity contribution in [1.29, 1.82) is 0 Å². The summed E-state index contributed by atoms with van der Waals surface area (Å²) in [7, 11) is 0. The van der Waals surface area contributed by atoms with Crippen molar-refractivity contribution in [3.05, 3.63) is 194 Å². The van der Waals surface area contributed by atoms with E-state index in [2.05, 4.69) is 203 Å². The highest BCUT2D eigenvalue weighted by Crippen LogP contribution is 2.11. The molecule has 0 bridgehead atoms. The molecular weight excluding hydrogens is 973 g/mol. The molecule has 0 radical (unpaired) electrons. The van der Waals surface area contributed by atoms with Gasteiger partial charge in [-0.3, -0.25) is 14.4 Å². The molecule has 0 saturated carbocycles. The molecule has 79 heavy (non-hydrogen) atoms. The standard InChI is InChI=1S/C73H110O6/c1-4-7-10-13-16-19-22-25-27-28-29-30-31-32-33-34-35-36-37-38-39-40-41-42-43-44-46-48-51-54-57-60-63-66-72(75)78-69-70(68-77-71(74)65-62-59-56-53-50-47-24-21-18-15-12-9-6-3)79-73(76)67-64-61-58-55-52-49-45-26-23-20-17-14-11-8-5-2/h7-8,10-11,16-17,19-21,24-27,29-30,32-33,35-36,38-39,41-42,44-46,51-52,54-55,61,64,70H,4-6,9,12-15,18,22-23,28,31,34,37,40,43,47-50,53,56-60,62-63,65-69H2,1-3H3/b10-7-,11-8-,19-16-,20-17-,24-21-,27-25-,30-29-,33-32-,36-35-,39-38-,42-41-,45-26-,46-44-,54-51-,55-52-,64-61-. The summed E-state index contributed by atoms with van der Waals surface area (Å²) in [5, 5.41) is 0. The Morgan fingerprint density at radius 3 is 0.873 bits per heavy atom. The summed E-state index contributed by atoms with van der Waals surface area (Å²) in [4.78, 5) is 38.1. The van der Waals surface area contributed by atoms with Gasteiger partial charge in [0.05, 0.1) is 6.42 Å². The zero-order valence-corrected chi connectivity index (χ0v) is 50.0. The molecule has 0 fully saturated rings. The van der Waals surface area contributed by atoms with E-state index >= 15 is 0 Å². The molecule has 1 unspecified atom stereocenters. The fraction of sp³-hybridized carbons (Fsp3) is 0.521. The van der Waals surface area contributed by atoms with Gasteiger partial charge in [-0.2, -0.15) is 0 Å². The fourth-order valence-electron chi connectivity index (χ4n) is 7.54. The van der Waals surface area contributed by atoms with E-state index < -0.39 is 12.1 Å². The van der Waals surface area contributed by atoms with E-state index in [1.165, 1.54) is 38.5 Å². The molecule has 0 aliphatic rings. The topological polar surface area (TPSA) is 78.9 Å². The number of esters is 3. The van der Waals surface area contributed by atoms with Crippen molar-refractivity contribution in [2.24, 2.45) is 0 Å². The van der Waals surface area contributed by atoms with Gasteiger partial charge in [0.15, 0.2) is 6.10 Å². The van der Waals surface area contributed by atoms with Crippen molar-refractivity contribution >= 4 is 17.9 Å². The molecule has 0 amide bonds. The average molecular weight is 1080 g/mol. The van der Waals surface area contributed by atoms with E-state index in [1.54, 1.807) is 6.08 Å². The number of hydrogen-bond donors (Lipinski definition) is 0. The van der Waals surface area contributed by atoms with Crippen molar-refractivity contribution in [3.8, 4) is 0 Å². The van der Waals surface area contributed by atoms with E-state index in [0.29, 0.717) is 19.3 Å². The highest BCUT2D eigenvalue weighted by molar-refractivity contribution is 5.72. The minimum Gasteiger partial charge on any atom is -0.462 e. The molecule has 0 aliphatic carbocycles. The van der Waals surface area contributed by atoms with Gasteiger partial charge in [0.2, 0.25) is 0 Å². The number of rotatable bonds is 53. The quantitative estimate of drug-likeness (QED) is 0.0261. The van der Waals surface area contributed by atoms with E-state index in [9.17, 15) is 14.4 Å². The minimum absolute atomic E-state index is 0.0755. The third kappa shape index (κ3) is 63.0. The molecule has 0 spiro atoms. The first kappa shape index (κ1) is 73.2. The molecule has 1 atom stereocenters. The van der Waals surface area contributed by atoms with Crippen LogP contribution in [0.4, 0.5) is 0 Å². The Morgan fingerprint density at radius 1 is 0.278 bits per heavy atom. The van der Waals surface area contributed by atoms with Crippen molar-refractivity contribution in [2.75, 3.05) is 13.2 Å². The molecule has 0 rings (SSSR count). The van der Waals surface area contributed by atoms with Gasteiger partial charge in [0, 0.05) is 12.8 Å². The van der Waals surface area contributed by atoms with Crippen LogP contribution in [-0.4, -0.2) is 37.2 Å². The van der Waals surface area contributed by atoms with E-state index in [0.717, 1.165) is 135 Å². The van der Waals surface area contributed by atoms with Gasteiger partial charge < -0.3 is 14.2 Å². The van der Waals surface area contributed by atoms with Crippen LogP contribution in [0, 0.1) is 0 Å². The number of ether oxygens (including phenoxy) is 3. The van der Waals surface area contributed by atoms with Crippen LogP contribution in [0.1, 0.15) is 226 Å². The van der Waals surface area contributed by atoms with Gasteiger partial charge in [-0.1, -0.05) is 254 Å². The fourth-order valence-corrected chi connectivity index (χ4v) is 7.54.